The van der Waals surface area contributed by atoms with Crippen LogP contribution in [0.15, 0.2) is 18.2 Å². The molecule has 94 valence electrons. The van der Waals surface area contributed by atoms with Crippen molar-refractivity contribution < 1.29 is 9.53 Å². The highest BCUT2D eigenvalue weighted by molar-refractivity contribution is 5.77. The lowest BCUT2D eigenvalue weighted by Gasteiger charge is -2.19. The number of Topliss-reactive ketones (excluding diaryl/α,β-unsaturated/α-hetero) is 1. The van der Waals surface area contributed by atoms with Gasteiger partial charge in [0.1, 0.15) is 12.4 Å². The average Bonchev–Trinajstić information content (AvgIpc) is 2.25. The van der Waals surface area contributed by atoms with Gasteiger partial charge in [-0.3, -0.25) is 4.79 Å². The quantitative estimate of drug-likeness (QED) is 0.772. The highest BCUT2D eigenvalue weighted by atomic mass is 16.5. The van der Waals surface area contributed by atoms with E-state index in [0.717, 1.165) is 5.75 Å². The number of para-hydroxylation sites is 1. The largest absolute Gasteiger partial charge is 0.485 e. The zero-order chi connectivity index (χ0) is 13.0. The van der Waals surface area contributed by atoms with Crippen molar-refractivity contribution >= 4 is 5.78 Å². The predicted molar refractivity (Wildman–Crippen MR) is 70.8 cm³/mol. The molecule has 0 aliphatic rings. The molecule has 1 aromatic rings. The van der Waals surface area contributed by atoms with E-state index in [1.807, 2.05) is 0 Å². The maximum atomic E-state index is 11.1. The first kappa shape index (κ1) is 13.8. The maximum Gasteiger partial charge on any atom is 0.167 e. The Morgan fingerprint density at radius 1 is 1.12 bits per heavy atom. The van der Waals surface area contributed by atoms with E-state index in [1.165, 1.54) is 11.1 Å². The van der Waals surface area contributed by atoms with E-state index in [-0.39, 0.29) is 12.4 Å². The molecule has 0 saturated carbocycles. The number of hydrogen-bond acceptors (Lipinski definition) is 2. The van der Waals surface area contributed by atoms with Gasteiger partial charge in [0.25, 0.3) is 0 Å². The molecule has 0 N–H and O–H groups in total. The Hall–Kier alpha value is -1.31. The second-order valence-electron chi connectivity index (χ2n) is 5.07. The predicted octanol–water partition coefficient (Wildman–Crippen LogP) is 3.90. The van der Waals surface area contributed by atoms with Gasteiger partial charge in [-0.2, -0.15) is 0 Å². The minimum Gasteiger partial charge on any atom is -0.485 e. The zero-order valence-corrected chi connectivity index (χ0v) is 11.4. The Labute approximate surface area is 104 Å². The van der Waals surface area contributed by atoms with Gasteiger partial charge in [-0.05, 0) is 29.9 Å². The van der Waals surface area contributed by atoms with E-state index in [4.69, 9.17) is 4.74 Å². The van der Waals surface area contributed by atoms with Crippen LogP contribution in [0.3, 0.4) is 0 Å². The molecular formula is C15H22O2. The number of ether oxygens (including phenoxy) is 1. The summed E-state index contributed by atoms with van der Waals surface area (Å²) in [7, 11) is 0. The van der Waals surface area contributed by atoms with E-state index < -0.39 is 0 Å². The van der Waals surface area contributed by atoms with Gasteiger partial charge in [-0.1, -0.05) is 45.9 Å². The molecule has 0 fully saturated rings. The third-order valence-corrected chi connectivity index (χ3v) is 2.74. The fraction of sp³-hybridized carbons (Fsp3) is 0.533. The monoisotopic (exact) mass is 234 g/mol. The molecule has 0 heterocycles. The van der Waals surface area contributed by atoms with Crippen molar-refractivity contribution in [3.63, 3.8) is 0 Å². The van der Waals surface area contributed by atoms with Gasteiger partial charge in [-0.25, -0.2) is 0 Å². The van der Waals surface area contributed by atoms with Crippen molar-refractivity contribution in [2.45, 2.75) is 46.5 Å². The smallest absolute Gasteiger partial charge is 0.167 e. The van der Waals surface area contributed by atoms with Crippen LogP contribution >= 0.6 is 0 Å². The van der Waals surface area contributed by atoms with Crippen molar-refractivity contribution in [2.75, 3.05) is 6.61 Å². The van der Waals surface area contributed by atoms with Crippen LogP contribution in [0.2, 0.25) is 0 Å². The summed E-state index contributed by atoms with van der Waals surface area (Å²) in [5, 5.41) is 0. The molecule has 1 rings (SSSR count). The molecule has 0 bridgehead atoms. The molecule has 0 aliphatic heterocycles. The molecule has 2 nitrogen and oxygen atoms in total. The molecule has 0 aromatic heterocycles. The lowest BCUT2D eigenvalue weighted by atomic mass is 9.94. The lowest BCUT2D eigenvalue weighted by Crippen LogP contribution is -2.10. The number of benzene rings is 1. The minimum atomic E-state index is 0.0539. The third-order valence-electron chi connectivity index (χ3n) is 2.74. The van der Waals surface area contributed by atoms with E-state index in [1.54, 1.807) is 6.92 Å². The third kappa shape index (κ3) is 3.58. The molecule has 0 radical (unpaired) electrons. The van der Waals surface area contributed by atoms with Crippen LogP contribution in [0, 0.1) is 0 Å². The lowest BCUT2D eigenvalue weighted by molar-refractivity contribution is -0.118. The highest BCUT2D eigenvalue weighted by Crippen LogP contribution is 2.34. The normalized spacial score (nSPS) is 11.0. The molecule has 2 heteroatoms. The number of carbonyl (C=O) groups excluding carboxylic acids is 1. The molecule has 0 atom stereocenters. The van der Waals surface area contributed by atoms with E-state index in [2.05, 4.69) is 45.9 Å². The van der Waals surface area contributed by atoms with E-state index in [9.17, 15) is 4.79 Å². The van der Waals surface area contributed by atoms with Gasteiger partial charge in [0, 0.05) is 0 Å². The summed E-state index contributed by atoms with van der Waals surface area (Å²) in [5.74, 6) is 1.75. The second-order valence-corrected chi connectivity index (χ2v) is 5.07. The van der Waals surface area contributed by atoms with Gasteiger partial charge >= 0.3 is 0 Å². The number of carbonyl (C=O) groups is 1. The molecule has 0 unspecified atom stereocenters. The van der Waals surface area contributed by atoms with Gasteiger partial charge < -0.3 is 4.74 Å². The summed E-state index contributed by atoms with van der Waals surface area (Å²) in [5.41, 5.74) is 2.36. The van der Waals surface area contributed by atoms with E-state index in [0.29, 0.717) is 11.8 Å². The van der Waals surface area contributed by atoms with Crippen LogP contribution in [0.1, 0.15) is 57.6 Å². The van der Waals surface area contributed by atoms with Crippen molar-refractivity contribution in [1.29, 1.82) is 0 Å². The van der Waals surface area contributed by atoms with Crippen molar-refractivity contribution in [1.82, 2.24) is 0 Å². The number of rotatable bonds is 5. The first-order valence-electron chi connectivity index (χ1n) is 6.18. The molecule has 0 saturated heterocycles. The SMILES string of the molecule is CC(=O)COc1c(C(C)C)cccc1C(C)C. The summed E-state index contributed by atoms with van der Waals surface area (Å²) < 4.78 is 5.70. The average molecular weight is 234 g/mol. The standard InChI is InChI=1S/C15H22O2/c1-10(2)13-7-6-8-14(11(3)4)15(13)17-9-12(5)16/h6-8,10-11H,9H2,1-5H3. The van der Waals surface area contributed by atoms with Gasteiger partial charge in [0.05, 0.1) is 0 Å². The zero-order valence-electron chi connectivity index (χ0n) is 11.4. The van der Waals surface area contributed by atoms with E-state index >= 15 is 0 Å². The van der Waals surface area contributed by atoms with Crippen LogP contribution in [-0.2, 0) is 4.79 Å². The Balaban J connectivity index is 3.14. The van der Waals surface area contributed by atoms with Crippen molar-refractivity contribution in [3.05, 3.63) is 29.3 Å². The Kier molecular flexibility index (Phi) is 4.73. The molecule has 1 aromatic carbocycles. The first-order valence-corrected chi connectivity index (χ1v) is 6.18. The number of ketones is 1. The minimum absolute atomic E-state index is 0.0539. The molecule has 0 aliphatic carbocycles. The fourth-order valence-electron chi connectivity index (χ4n) is 1.82. The summed E-state index contributed by atoms with van der Waals surface area (Å²) in [6, 6.07) is 6.21. The van der Waals surface area contributed by atoms with Gasteiger partial charge in [-0.15, -0.1) is 0 Å². The van der Waals surface area contributed by atoms with Crippen LogP contribution in [-0.4, -0.2) is 12.4 Å². The Morgan fingerprint density at radius 3 is 1.94 bits per heavy atom. The van der Waals surface area contributed by atoms with Crippen molar-refractivity contribution in [2.24, 2.45) is 0 Å². The topological polar surface area (TPSA) is 26.3 Å². The molecule has 17 heavy (non-hydrogen) atoms. The first-order chi connectivity index (χ1) is 7.93. The maximum absolute atomic E-state index is 11.1. The molecule has 0 amide bonds. The molecule has 0 spiro atoms. The summed E-state index contributed by atoms with van der Waals surface area (Å²) in [4.78, 5) is 11.1. The van der Waals surface area contributed by atoms with Crippen LogP contribution in [0.4, 0.5) is 0 Å². The Morgan fingerprint density at radius 2 is 1.59 bits per heavy atom. The van der Waals surface area contributed by atoms with Gasteiger partial charge in [0.15, 0.2) is 5.78 Å². The summed E-state index contributed by atoms with van der Waals surface area (Å²) in [6.07, 6.45) is 0. The van der Waals surface area contributed by atoms with Gasteiger partial charge in [0.2, 0.25) is 0 Å². The highest BCUT2D eigenvalue weighted by Gasteiger charge is 2.15. The fourth-order valence-corrected chi connectivity index (χ4v) is 1.82. The van der Waals surface area contributed by atoms with Crippen LogP contribution in [0.5, 0.6) is 5.75 Å². The summed E-state index contributed by atoms with van der Waals surface area (Å²) in [6.45, 7) is 10.3. The molecular weight excluding hydrogens is 212 g/mol. The van der Waals surface area contributed by atoms with Crippen LogP contribution < -0.4 is 4.74 Å². The number of hydrogen-bond donors (Lipinski definition) is 0. The summed E-state index contributed by atoms with van der Waals surface area (Å²) >= 11 is 0. The van der Waals surface area contributed by atoms with Crippen molar-refractivity contribution in [3.8, 4) is 5.75 Å². The second kappa shape index (κ2) is 5.85. The van der Waals surface area contributed by atoms with Crippen LogP contribution in [0.25, 0.3) is 0 Å². The Bertz CT molecular complexity index is 366.